The molecule has 1 aliphatic heterocycles. The minimum Gasteiger partial charge on any atom is -0.493 e. The van der Waals surface area contributed by atoms with Crippen LogP contribution in [0.15, 0.2) is 72.8 Å². The molecule has 0 bridgehead atoms. The van der Waals surface area contributed by atoms with Gasteiger partial charge in [0, 0.05) is 57.4 Å². The van der Waals surface area contributed by atoms with Crippen LogP contribution in [0.25, 0.3) is 0 Å². The molecule has 1 aliphatic rings. The maximum Gasteiger partial charge on any atom is 0.259 e. The number of likely N-dealkylation sites (N-methyl/N-ethyl adjacent to an activating group) is 1. The van der Waals surface area contributed by atoms with Gasteiger partial charge in [0.1, 0.15) is 11.5 Å². The monoisotopic (exact) mass is 643 g/mol. The number of hydrogen-bond acceptors (Lipinski definition) is 7. The number of nitrogens with one attached hydrogen (secondary N) is 1. The van der Waals surface area contributed by atoms with Gasteiger partial charge in [-0.15, -0.1) is 0 Å². The molecule has 3 amide bonds. The van der Waals surface area contributed by atoms with Crippen LogP contribution in [-0.4, -0.2) is 107 Å². The molecule has 10 heteroatoms. The van der Waals surface area contributed by atoms with Crippen LogP contribution in [0, 0.1) is 0 Å². The SMILES string of the molecule is CN(C)CCCOc1ccccc1C(=O)Nc1ccc(C(=O)N(C)c2ccccc2OCCCCCC(=O)N2CCN(C)CC2)cc1. The predicted octanol–water partition coefficient (Wildman–Crippen LogP) is 5.26. The van der Waals surface area contributed by atoms with Gasteiger partial charge in [0.25, 0.3) is 11.8 Å². The topological polar surface area (TPSA) is 94.7 Å². The Morgan fingerprint density at radius 1 is 0.745 bits per heavy atom. The Hall–Kier alpha value is -4.41. The highest BCUT2D eigenvalue weighted by Gasteiger charge is 2.20. The number of carbonyl (C=O) groups is 3. The third-order valence-corrected chi connectivity index (χ3v) is 8.21. The molecule has 47 heavy (non-hydrogen) atoms. The van der Waals surface area contributed by atoms with Crippen molar-refractivity contribution in [2.75, 3.05) is 84.3 Å². The van der Waals surface area contributed by atoms with E-state index < -0.39 is 0 Å². The molecule has 1 N–H and O–H groups in total. The molecule has 0 aromatic heterocycles. The van der Waals surface area contributed by atoms with E-state index in [1.54, 1.807) is 54.4 Å². The molecule has 252 valence electrons. The first-order chi connectivity index (χ1) is 22.7. The van der Waals surface area contributed by atoms with E-state index in [1.807, 2.05) is 49.3 Å². The van der Waals surface area contributed by atoms with Crippen molar-refractivity contribution in [3.63, 3.8) is 0 Å². The molecule has 0 unspecified atom stereocenters. The van der Waals surface area contributed by atoms with Gasteiger partial charge < -0.3 is 34.4 Å². The Morgan fingerprint density at radius 3 is 2.11 bits per heavy atom. The molecule has 3 aromatic carbocycles. The number of para-hydroxylation sites is 3. The number of anilines is 2. The van der Waals surface area contributed by atoms with Crippen molar-refractivity contribution in [3.05, 3.63) is 83.9 Å². The van der Waals surface area contributed by atoms with Crippen LogP contribution >= 0.6 is 0 Å². The fourth-order valence-corrected chi connectivity index (χ4v) is 5.35. The predicted molar refractivity (Wildman–Crippen MR) is 187 cm³/mol. The van der Waals surface area contributed by atoms with Crippen LogP contribution in [0.3, 0.4) is 0 Å². The van der Waals surface area contributed by atoms with E-state index in [0.29, 0.717) is 53.6 Å². The highest BCUT2D eigenvalue weighted by atomic mass is 16.5. The quantitative estimate of drug-likeness (QED) is 0.213. The zero-order valence-electron chi connectivity index (χ0n) is 28.2. The van der Waals surface area contributed by atoms with Gasteiger partial charge in [0.05, 0.1) is 24.5 Å². The summed E-state index contributed by atoms with van der Waals surface area (Å²) in [5.41, 5.74) is 2.18. The first kappa shape index (κ1) is 35.4. The van der Waals surface area contributed by atoms with Crippen molar-refractivity contribution < 1.29 is 23.9 Å². The van der Waals surface area contributed by atoms with E-state index >= 15 is 0 Å². The number of unbranched alkanes of at least 4 members (excludes halogenated alkanes) is 2. The van der Waals surface area contributed by atoms with Gasteiger partial charge in [0.15, 0.2) is 0 Å². The third-order valence-electron chi connectivity index (χ3n) is 8.21. The number of piperazine rings is 1. The van der Waals surface area contributed by atoms with E-state index in [-0.39, 0.29) is 17.7 Å². The molecule has 3 aromatic rings. The summed E-state index contributed by atoms with van der Waals surface area (Å²) >= 11 is 0. The van der Waals surface area contributed by atoms with Gasteiger partial charge in [-0.1, -0.05) is 24.3 Å². The first-order valence-electron chi connectivity index (χ1n) is 16.5. The molecule has 0 aliphatic carbocycles. The molecule has 0 radical (unpaired) electrons. The van der Waals surface area contributed by atoms with Gasteiger partial charge in [-0.2, -0.15) is 0 Å². The zero-order chi connectivity index (χ0) is 33.6. The van der Waals surface area contributed by atoms with Gasteiger partial charge in [-0.25, -0.2) is 0 Å². The van der Waals surface area contributed by atoms with Crippen LogP contribution in [0.5, 0.6) is 11.5 Å². The molecule has 1 heterocycles. The van der Waals surface area contributed by atoms with E-state index in [1.165, 1.54) is 0 Å². The van der Waals surface area contributed by atoms with Crippen molar-refractivity contribution in [2.45, 2.75) is 32.1 Å². The third kappa shape index (κ3) is 10.8. The molecule has 0 atom stereocenters. The fraction of sp³-hybridized carbons (Fsp3) is 0.432. The minimum atomic E-state index is -0.280. The van der Waals surface area contributed by atoms with Crippen molar-refractivity contribution in [3.8, 4) is 11.5 Å². The standard InChI is InChI=1S/C37H49N5O5/c1-39(2)22-12-28-46-33-15-9-7-13-31(33)36(44)38-30-20-18-29(19-21-30)37(45)41(4)32-14-8-10-16-34(32)47-27-11-5-6-17-35(43)42-25-23-40(3)24-26-42/h7-10,13-16,18-21H,5-6,11-12,17,22-28H2,1-4H3,(H,38,44). The van der Waals surface area contributed by atoms with E-state index in [0.717, 1.165) is 58.4 Å². The minimum absolute atomic E-state index is 0.196. The van der Waals surface area contributed by atoms with Gasteiger partial charge in [-0.05, 0) is 95.4 Å². The summed E-state index contributed by atoms with van der Waals surface area (Å²) in [6.45, 7) is 5.40. The van der Waals surface area contributed by atoms with E-state index in [4.69, 9.17) is 9.47 Å². The van der Waals surface area contributed by atoms with Crippen molar-refractivity contribution in [1.82, 2.24) is 14.7 Å². The second kappa shape index (κ2) is 18.1. The zero-order valence-corrected chi connectivity index (χ0v) is 28.2. The van der Waals surface area contributed by atoms with Crippen LogP contribution in [0.1, 0.15) is 52.8 Å². The van der Waals surface area contributed by atoms with Gasteiger partial charge in [-0.3, -0.25) is 14.4 Å². The Labute approximate surface area is 279 Å². The first-order valence-corrected chi connectivity index (χ1v) is 16.5. The molecule has 1 fully saturated rings. The van der Waals surface area contributed by atoms with Crippen molar-refractivity contribution >= 4 is 29.1 Å². The van der Waals surface area contributed by atoms with Crippen LogP contribution in [0.2, 0.25) is 0 Å². The number of amides is 3. The number of nitrogens with zero attached hydrogens (tertiary/aromatic N) is 4. The maximum absolute atomic E-state index is 13.4. The lowest BCUT2D eigenvalue weighted by molar-refractivity contribution is -0.132. The summed E-state index contributed by atoms with van der Waals surface area (Å²) in [6, 6.07) is 21.5. The summed E-state index contributed by atoms with van der Waals surface area (Å²) in [7, 11) is 7.83. The Balaban J connectivity index is 1.25. The number of carbonyl (C=O) groups excluding carboxylic acids is 3. The van der Waals surface area contributed by atoms with Gasteiger partial charge >= 0.3 is 0 Å². The average Bonchev–Trinajstić information content (AvgIpc) is 3.08. The molecule has 0 saturated carbocycles. The summed E-state index contributed by atoms with van der Waals surface area (Å²) in [5.74, 6) is 0.925. The molecule has 10 nitrogen and oxygen atoms in total. The lowest BCUT2D eigenvalue weighted by atomic mass is 10.1. The molecular weight excluding hydrogens is 594 g/mol. The maximum atomic E-state index is 13.4. The smallest absolute Gasteiger partial charge is 0.259 e. The average molecular weight is 644 g/mol. The molecule has 0 spiro atoms. The lowest BCUT2D eigenvalue weighted by Gasteiger charge is -2.32. The van der Waals surface area contributed by atoms with Crippen LogP contribution < -0.4 is 19.7 Å². The second-order valence-corrected chi connectivity index (χ2v) is 12.2. The highest BCUT2D eigenvalue weighted by Crippen LogP contribution is 2.29. The summed E-state index contributed by atoms with van der Waals surface area (Å²) in [5, 5.41) is 2.91. The normalized spacial score (nSPS) is 13.3. The van der Waals surface area contributed by atoms with E-state index in [9.17, 15) is 14.4 Å². The fourth-order valence-electron chi connectivity index (χ4n) is 5.35. The molecular formula is C37H49N5O5. The van der Waals surface area contributed by atoms with E-state index in [2.05, 4.69) is 22.2 Å². The molecule has 4 rings (SSSR count). The van der Waals surface area contributed by atoms with Crippen LogP contribution in [0.4, 0.5) is 11.4 Å². The van der Waals surface area contributed by atoms with Crippen LogP contribution in [-0.2, 0) is 4.79 Å². The highest BCUT2D eigenvalue weighted by molar-refractivity contribution is 6.08. The Bertz CT molecular complexity index is 1450. The summed E-state index contributed by atoms with van der Waals surface area (Å²) in [6.07, 6.45) is 3.97. The van der Waals surface area contributed by atoms with Crippen molar-refractivity contribution in [1.29, 1.82) is 0 Å². The number of rotatable bonds is 16. The number of ether oxygens (including phenoxy) is 2. The lowest BCUT2D eigenvalue weighted by Crippen LogP contribution is -2.47. The Kier molecular flexibility index (Phi) is 13.6. The number of hydrogen-bond donors (Lipinski definition) is 1. The Morgan fingerprint density at radius 2 is 1.38 bits per heavy atom. The second-order valence-electron chi connectivity index (χ2n) is 12.2. The summed E-state index contributed by atoms with van der Waals surface area (Å²) in [4.78, 5) is 46.8. The van der Waals surface area contributed by atoms with Crippen molar-refractivity contribution in [2.24, 2.45) is 0 Å². The largest absolute Gasteiger partial charge is 0.493 e. The number of benzene rings is 3. The molecule has 1 saturated heterocycles. The van der Waals surface area contributed by atoms with Gasteiger partial charge in [0.2, 0.25) is 5.91 Å². The summed E-state index contributed by atoms with van der Waals surface area (Å²) < 4.78 is 12.0.